The Morgan fingerprint density at radius 3 is 1.70 bits per heavy atom. The van der Waals surface area contributed by atoms with Crippen LogP contribution in [-0.4, -0.2) is 13.3 Å². The highest BCUT2D eigenvalue weighted by molar-refractivity contribution is 7.51. The molecule has 0 saturated carbocycles. The third kappa shape index (κ3) is 18.1. The van der Waals surface area contributed by atoms with Crippen LogP contribution >= 0.6 is 7.60 Å². The molecule has 1 unspecified atom stereocenters. The summed E-state index contributed by atoms with van der Waals surface area (Å²) in [5, 5.41) is 0. The molecule has 0 heterocycles. The van der Waals surface area contributed by atoms with Crippen molar-refractivity contribution in [3.63, 3.8) is 0 Å². The summed E-state index contributed by atoms with van der Waals surface area (Å²) in [6.45, 7) is 2.26. The molecule has 0 bridgehead atoms. The monoisotopic (exact) mass is 345 g/mol. The number of hydrogen-bond acceptors (Lipinski definition) is 3. The van der Waals surface area contributed by atoms with E-state index in [1.165, 1.54) is 77.7 Å². The van der Waals surface area contributed by atoms with E-state index in [0.29, 0.717) is 0 Å². The molecule has 0 aliphatic heterocycles. The summed E-state index contributed by atoms with van der Waals surface area (Å²) in [6, 6.07) is 0. The van der Waals surface area contributed by atoms with Crippen LogP contribution in [0.3, 0.4) is 0 Å². The molecule has 0 radical (unpaired) electrons. The summed E-state index contributed by atoms with van der Waals surface area (Å²) >= 11 is 0. The summed E-state index contributed by atoms with van der Waals surface area (Å²) in [4.78, 5) is 11.1. The van der Waals surface area contributed by atoms with E-state index in [1.54, 1.807) is 0 Å². The highest BCUT2D eigenvalue weighted by atomic mass is 31.2. The maximum absolute atomic E-state index is 11.1. The minimum absolute atomic E-state index is 0.185. The first-order valence-electron chi connectivity index (χ1n) is 9.63. The number of unbranched alkanes of at least 4 members (excludes halogenated alkanes) is 12. The molecule has 0 amide bonds. The zero-order valence-electron chi connectivity index (χ0n) is 15.4. The minimum atomic E-state index is -3.52. The zero-order chi connectivity index (χ0) is 17.2. The SMILES string of the molecule is CCCCCCCC/C=C/CCCCCCCCP(=O)([O-])OC. The van der Waals surface area contributed by atoms with E-state index in [9.17, 15) is 9.46 Å². The lowest BCUT2D eigenvalue weighted by molar-refractivity contribution is -0.196. The van der Waals surface area contributed by atoms with Gasteiger partial charge >= 0.3 is 0 Å². The Balaban J connectivity index is 3.18. The van der Waals surface area contributed by atoms with Gasteiger partial charge < -0.3 is 14.0 Å². The predicted molar refractivity (Wildman–Crippen MR) is 98.9 cm³/mol. The van der Waals surface area contributed by atoms with Crippen molar-refractivity contribution in [1.29, 1.82) is 0 Å². The van der Waals surface area contributed by atoms with Gasteiger partial charge in [0, 0.05) is 13.3 Å². The van der Waals surface area contributed by atoms with Gasteiger partial charge in [-0.2, -0.15) is 0 Å². The number of hydrogen-bond donors (Lipinski definition) is 0. The van der Waals surface area contributed by atoms with Crippen molar-refractivity contribution in [3.8, 4) is 0 Å². The van der Waals surface area contributed by atoms with Gasteiger partial charge in [-0.1, -0.05) is 76.9 Å². The van der Waals surface area contributed by atoms with Crippen molar-refractivity contribution >= 4 is 7.60 Å². The van der Waals surface area contributed by atoms with Crippen LogP contribution in [0.15, 0.2) is 12.2 Å². The van der Waals surface area contributed by atoms with Crippen molar-refractivity contribution in [2.75, 3.05) is 13.3 Å². The van der Waals surface area contributed by atoms with E-state index in [1.807, 2.05) is 0 Å². The van der Waals surface area contributed by atoms with Gasteiger partial charge in [0.25, 0.3) is 0 Å². The molecule has 0 fully saturated rings. The molecular weight excluding hydrogens is 307 g/mol. The van der Waals surface area contributed by atoms with Gasteiger partial charge in [0.1, 0.15) is 7.60 Å². The van der Waals surface area contributed by atoms with Crippen molar-refractivity contribution < 1.29 is 14.0 Å². The van der Waals surface area contributed by atoms with E-state index in [-0.39, 0.29) is 6.16 Å². The second-order valence-corrected chi connectivity index (χ2v) is 8.49. The maximum Gasteiger partial charge on any atom is 0.134 e. The standard InChI is InChI=1S/C19H39O3P/c1-3-4-5-6-7-8-9-10-11-12-13-14-15-16-17-18-19-23(20,21)22-2/h10-11H,3-9,12-19H2,1-2H3,(H,20,21)/p-1/b11-10+. The fraction of sp³-hybridized carbons (Fsp3) is 0.895. The molecule has 3 nitrogen and oxygen atoms in total. The summed E-state index contributed by atoms with van der Waals surface area (Å²) < 4.78 is 15.6. The molecule has 0 aromatic heterocycles. The summed E-state index contributed by atoms with van der Waals surface area (Å²) in [5.41, 5.74) is 0. The molecule has 4 heteroatoms. The first-order valence-corrected chi connectivity index (χ1v) is 11.4. The summed E-state index contributed by atoms with van der Waals surface area (Å²) in [7, 11) is -2.28. The third-order valence-electron chi connectivity index (χ3n) is 4.22. The van der Waals surface area contributed by atoms with Gasteiger partial charge in [0.05, 0.1) is 0 Å². The Labute approximate surface area is 144 Å². The largest absolute Gasteiger partial charge is 0.779 e. The first kappa shape index (κ1) is 22.9. The summed E-state index contributed by atoms with van der Waals surface area (Å²) in [5.74, 6) is 0. The quantitative estimate of drug-likeness (QED) is 0.178. The van der Waals surface area contributed by atoms with Gasteiger partial charge in [0.2, 0.25) is 0 Å². The van der Waals surface area contributed by atoms with Gasteiger partial charge in [0.15, 0.2) is 0 Å². The van der Waals surface area contributed by atoms with Crippen LogP contribution in [0.4, 0.5) is 0 Å². The lowest BCUT2D eigenvalue weighted by Crippen LogP contribution is -2.06. The zero-order valence-corrected chi connectivity index (χ0v) is 16.3. The Bertz CT molecular complexity index is 316. The second-order valence-electron chi connectivity index (χ2n) is 6.45. The fourth-order valence-electron chi connectivity index (χ4n) is 2.64. The van der Waals surface area contributed by atoms with Crippen molar-refractivity contribution in [2.24, 2.45) is 0 Å². The number of rotatable bonds is 17. The maximum atomic E-state index is 11.1. The van der Waals surface area contributed by atoms with Crippen LogP contribution in [-0.2, 0) is 9.09 Å². The normalized spacial score (nSPS) is 14.4. The van der Waals surface area contributed by atoms with Crippen molar-refractivity contribution in [3.05, 3.63) is 12.2 Å². The van der Waals surface area contributed by atoms with Crippen LogP contribution in [0.1, 0.15) is 96.8 Å². The molecule has 0 aliphatic rings. The smallest absolute Gasteiger partial charge is 0.134 e. The molecule has 0 aliphatic carbocycles. The highest BCUT2D eigenvalue weighted by Crippen LogP contribution is 2.36. The average molecular weight is 345 g/mol. The third-order valence-corrected chi connectivity index (χ3v) is 5.64. The molecule has 0 rings (SSSR count). The lowest BCUT2D eigenvalue weighted by atomic mass is 10.1. The molecule has 0 aromatic carbocycles. The van der Waals surface area contributed by atoms with E-state index in [0.717, 1.165) is 19.3 Å². The minimum Gasteiger partial charge on any atom is -0.779 e. The number of allylic oxidation sites excluding steroid dienone is 2. The average Bonchev–Trinajstić information content (AvgIpc) is 2.54. The van der Waals surface area contributed by atoms with Crippen LogP contribution < -0.4 is 4.89 Å². The van der Waals surface area contributed by atoms with E-state index in [4.69, 9.17) is 0 Å². The van der Waals surface area contributed by atoms with Crippen LogP contribution in [0.2, 0.25) is 0 Å². The molecule has 138 valence electrons. The Morgan fingerprint density at radius 1 is 0.783 bits per heavy atom. The lowest BCUT2D eigenvalue weighted by Gasteiger charge is -2.20. The van der Waals surface area contributed by atoms with Crippen molar-refractivity contribution in [1.82, 2.24) is 0 Å². The topological polar surface area (TPSA) is 49.4 Å². The van der Waals surface area contributed by atoms with Gasteiger partial charge in [-0.3, -0.25) is 0 Å². The van der Waals surface area contributed by atoms with Crippen molar-refractivity contribution in [2.45, 2.75) is 96.8 Å². The predicted octanol–water partition coefficient (Wildman–Crippen LogP) is 6.22. The molecule has 0 N–H and O–H groups in total. The van der Waals surface area contributed by atoms with Crippen LogP contribution in [0.5, 0.6) is 0 Å². The molecule has 0 spiro atoms. The fourth-order valence-corrected chi connectivity index (χ4v) is 3.44. The van der Waals surface area contributed by atoms with E-state index >= 15 is 0 Å². The van der Waals surface area contributed by atoms with Gasteiger partial charge in [-0.15, -0.1) is 0 Å². The first-order chi connectivity index (χ1) is 11.1. The van der Waals surface area contributed by atoms with Crippen LogP contribution in [0, 0.1) is 0 Å². The molecule has 23 heavy (non-hydrogen) atoms. The molecule has 0 saturated heterocycles. The Hall–Kier alpha value is -0.110. The van der Waals surface area contributed by atoms with E-state index in [2.05, 4.69) is 23.6 Å². The van der Waals surface area contributed by atoms with Gasteiger partial charge in [-0.25, -0.2) is 0 Å². The van der Waals surface area contributed by atoms with E-state index < -0.39 is 7.60 Å². The summed E-state index contributed by atoms with van der Waals surface area (Å²) in [6.07, 6.45) is 22.1. The molecule has 1 atom stereocenters. The molecular formula is C19H38O3P-. The van der Waals surface area contributed by atoms with Crippen LogP contribution in [0.25, 0.3) is 0 Å². The Kier molecular flexibility index (Phi) is 16.7. The van der Waals surface area contributed by atoms with Gasteiger partial charge in [-0.05, 0) is 32.1 Å². The second kappa shape index (κ2) is 16.7. The Morgan fingerprint density at radius 2 is 1.22 bits per heavy atom. The highest BCUT2D eigenvalue weighted by Gasteiger charge is 2.04. The molecule has 0 aromatic rings.